The quantitative estimate of drug-likeness (QED) is 0.781. The van der Waals surface area contributed by atoms with Crippen molar-refractivity contribution in [2.24, 2.45) is 5.92 Å². The summed E-state index contributed by atoms with van der Waals surface area (Å²) in [7, 11) is 0. The summed E-state index contributed by atoms with van der Waals surface area (Å²) in [5.41, 5.74) is 0. The largest absolute Gasteiger partial charge is 0.351 e. The van der Waals surface area contributed by atoms with Crippen molar-refractivity contribution in [2.75, 3.05) is 0 Å². The number of carbonyl (C=O) groups is 1. The van der Waals surface area contributed by atoms with Gasteiger partial charge in [-0.3, -0.25) is 4.79 Å². The third kappa shape index (κ3) is 2.93. The molecule has 0 bridgehead atoms. The van der Waals surface area contributed by atoms with Crippen molar-refractivity contribution in [2.45, 2.75) is 25.8 Å². The van der Waals surface area contributed by atoms with Gasteiger partial charge < -0.3 is 5.32 Å². The van der Waals surface area contributed by atoms with Crippen LogP contribution in [0.5, 0.6) is 0 Å². The SMILES string of the molecule is O=C(NCc1cccs1)C1CC=CCC1. The number of hydrogen-bond acceptors (Lipinski definition) is 2. The number of thiophene rings is 1. The molecule has 1 aliphatic rings. The molecule has 0 aromatic carbocycles. The van der Waals surface area contributed by atoms with Gasteiger partial charge in [0.05, 0.1) is 6.54 Å². The molecule has 1 aromatic heterocycles. The summed E-state index contributed by atoms with van der Waals surface area (Å²) in [6.45, 7) is 0.677. The second kappa shape index (κ2) is 5.12. The number of nitrogens with one attached hydrogen (secondary N) is 1. The smallest absolute Gasteiger partial charge is 0.223 e. The standard InChI is InChI=1S/C12H15NOS/c14-12(10-5-2-1-3-6-10)13-9-11-7-4-8-15-11/h1-2,4,7-8,10H,3,5-6,9H2,(H,13,14). The van der Waals surface area contributed by atoms with Crippen LogP contribution in [0.3, 0.4) is 0 Å². The number of allylic oxidation sites excluding steroid dienone is 2. The minimum Gasteiger partial charge on any atom is -0.351 e. The highest BCUT2D eigenvalue weighted by molar-refractivity contribution is 7.09. The lowest BCUT2D eigenvalue weighted by Crippen LogP contribution is -2.30. The van der Waals surface area contributed by atoms with E-state index in [2.05, 4.69) is 17.5 Å². The first-order chi connectivity index (χ1) is 7.36. The van der Waals surface area contributed by atoms with E-state index in [9.17, 15) is 4.79 Å². The summed E-state index contributed by atoms with van der Waals surface area (Å²) in [6.07, 6.45) is 7.20. The van der Waals surface area contributed by atoms with Crippen LogP contribution >= 0.6 is 11.3 Å². The first-order valence-electron chi connectivity index (χ1n) is 5.31. The van der Waals surface area contributed by atoms with E-state index in [4.69, 9.17) is 0 Å². The zero-order chi connectivity index (χ0) is 10.5. The molecule has 1 aromatic rings. The van der Waals surface area contributed by atoms with Crippen molar-refractivity contribution in [1.82, 2.24) is 5.32 Å². The van der Waals surface area contributed by atoms with Gasteiger partial charge in [0.15, 0.2) is 0 Å². The first-order valence-corrected chi connectivity index (χ1v) is 6.19. The van der Waals surface area contributed by atoms with E-state index in [0.717, 1.165) is 19.3 Å². The van der Waals surface area contributed by atoms with Gasteiger partial charge in [0.25, 0.3) is 0 Å². The fraction of sp³-hybridized carbons (Fsp3) is 0.417. The molecule has 1 atom stereocenters. The monoisotopic (exact) mass is 221 g/mol. The van der Waals surface area contributed by atoms with Gasteiger partial charge >= 0.3 is 0 Å². The molecule has 1 amide bonds. The Balaban J connectivity index is 1.79. The second-order valence-electron chi connectivity index (χ2n) is 3.78. The maximum Gasteiger partial charge on any atom is 0.223 e. The Morgan fingerprint density at radius 2 is 2.47 bits per heavy atom. The second-order valence-corrected chi connectivity index (χ2v) is 4.81. The van der Waals surface area contributed by atoms with Gasteiger partial charge in [-0.05, 0) is 30.7 Å². The average Bonchev–Trinajstić information content (AvgIpc) is 2.80. The minimum absolute atomic E-state index is 0.190. The molecular weight excluding hydrogens is 206 g/mol. The third-order valence-electron chi connectivity index (χ3n) is 2.66. The maximum absolute atomic E-state index is 11.8. The van der Waals surface area contributed by atoms with Crippen LogP contribution < -0.4 is 5.32 Å². The molecular formula is C12H15NOS. The van der Waals surface area contributed by atoms with Crippen molar-refractivity contribution in [3.05, 3.63) is 34.5 Å². The number of rotatable bonds is 3. The molecule has 0 saturated heterocycles. The molecule has 1 aliphatic carbocycles. The van der Waals surface area contributed by atoms with Crippen LogP contribution in [0.15, 0.2) is 29.7 Å². The van der Waals surface area contributed by atoms with E-state index in [-0.39, 0.29) is 11.8 Å². The van der Waals surface area contributed by atoms with Gasteiger partial charge in [0.1, 0.15) is 0 Å². The lowest BCUT2D eigenvalue weighted by molar-refractivity contribution is -0.125. The van der Waals surface area contributed by atoms with E-state index in [1.807, 2.05) is 17.5 Å². The van der Waals surface area contributed by atoms with E-state index >= 15 is 0 Å². The van der Waals surface area contributed by atoms with Gasteiger partial charge in [0, 0.05) is 10.8 Å². The van der Waals surface area contributed by atoms with Crippen molar-refractivity contribution in [1.29, 1.82) is 0 Å². The first kappa shape index (κ1) is 10.4. The van der Waals surface area contributed by atoms with Gasteiger partial charge in [-0.15, -0.1) is 11.3 Å². The zero-order valence-corrected chi connectivity index (χ0v) is 9.43. The lowest BCUT2D eigenvalue weighted by atomic mass is 9.94. The van der Waals surface area contributed by atoms with E-state index in [1.165, 1.54) is 4.88 Å². The van der Waals surface area contributed by atoms with E-state index in [1.54, 1.807) is 11.3 Å². The predicted octanol–water partition coefficient (Wildman–Crippen LogP) is 2.72. The summed E-state index contributed by atoms with van der Waals surface area (Å²) in [5.74, 6) is 0.391. The molecule has 15 heavy (non-hydrogen) atoms. The molecule has 3 heteroatoms. The van der Waals surface area contributed by atoms with Crippen LogP contribution in [-0.4, -0.2) is 5.91 Å². The molecule has 0 fully saturated rings. The van der Waals surface area contributed by atoms with Gasteiger partial charge in [0.2, 0.25) is 5.91 Å². The Hall–Kier alpha value is -1.09. The summed E-state index contributed by atoms with van der Waals surface area (Å²) < 4.78 is 0. The van der Waals surface area contributed by atoms with Crippen molar-refractivity contribution in [3.63, 3.8) is 0 Å². The Labute approximate surface area is 94.0 Å². The van der Waals surface area contributed by atoms with Crippen LogP contribution in [0.25, 0.3) is 0 Å². The van der Waals surface area contributed by atoms with E-state index in [0.29, 0.717) is 6.54 Å². The molecule has 1 unspecified atom stereocenters. The Kier molecular flexibility index (Phi) is 3.56. The van der Waals surface area contributed by atoms with Crippen molar-refractivity contribution >= 4 is 17.2 Å². The Bertz CT molecular complexity index is 343. The molecule has 1 heterocycles. The molecule has 0 saturated carbocycles. The summed E-state index contributed by atoms with van der Waals surface area (Å²) in [5, 5.41) is 5.02. The molecule has 2 nitrogen and oxygen atoms in total. The van der Waals surface area contributed by atoms with Gasteiger partial charge in [-0.2, -0.15) is 0 Å². The molecule has 80 valence electrons. The fourth-order valence-corrected chi connectivity index (χ4v) is 2.41. The predicted molar refractivity (Wildman–Crippen MR) is 62.6 cm³/mol. The number of amides is 1. The highest BCUT2D eigenvalue weighted by Crippen LogP contribution is 2.18. The van der Waals surface area contributed by atoms with Crippen LogP contribution in [0.4, 0.5) is 0 Å². The normalized spacial score (nSPS) is 20.1. The van der Waals surface area contributed by atoms with Crippen LogP contribution in [0, 0.1) is 5.92 Å². The number of hydrogen-bond donors (Lipinski definition) is 1. The van der Waals surface area contributed by atoms with E-state index < -0.39 is 0 Å². The molecule has 1 N–H and O–H groups in total. The lowest BCUT2D eigenvalue weighted by Gasteiger charge is -2.16. The van der Waals surface area contributed by atoms with Crippen LogP contribution in [0.1, 0.15) is 24.1 Å². The van der Waals surface area contributed by atoms with Gasteiger partial charge in [-0.1, -0.05) is 18.2 Å². The van der Waals surface area contributed by atoms with Crippen LogP contribution in [-0.2, 0) is 11.3 Å². The summed E-state index contributed by atoms with van der Waals surface area (Å²) in [6, 6.07) is 4.06. The van der Waals surface area contributed by atoms with Crippen molar-refractivity contribution in [3.8, 4) is 0 Å². The Morgan fingerprint density at radius 1 is 1.53 bits per heavy atom. The molecule has 0 radical (unpaired) electrons. The van der Waals surface area contributed by atoms with Crippen LogP contribution in [0.2, 0.25) is 0 Å². The minimum atomic E-state index is 0.190. The van der Waals surface area contributed by atoms with Gasteiger partial charge in [-0.25, -0.2) is 0 Å². The fourth-order valence-electron chi connectivity index (χ4n) is 1.76. The highest BCUT2D eigenvalue weighted by Gasteiger charge is 2.17. The molecule has 2 rings (SSSR count). The highest BCUT2D eigenvalue weighted by atomic mass is 32.1. The maximum atomic E-state index is 11.8. The summed E-state index contributed by atoms with van der Waals surface area (Å²) >= 11 is 1.68. The Morgan fingerprint density at radius 3 is 3.13 bits per heavy atom. The molecule has 0 aliphatic heterocycles. The van der Waals surface area contributed by atoms with Crippen molar-refractivity contribution < 1.29 is 4.79 Å². The zero-order valence-electron chi connectivity index (χ0n) is 8.61. The average molecular weight is 221 g/mol. The molecule has 0 spiro atoms. The summed E-state index contributed by atoms with van der Waals surface area (Å²) in [4.78, 5) is 13.0. The topological polar surface area (TPSA) is 29.1 Å². The number of carbonyl (C=O) groups excluding carboxylic acids is 1. The third-order valence-corrected chi connectivity index (χ3v) is 3.53.